The van der Waals surface area contributed by atoms with E-state index in [9.17, 15) is 0 Å². The lowest BCUT2D eigenvalue weighted by molar-refractivity contribution is 0.856. The van der Waals surface area contributed by atoms with Gasteiger partial charge in [0.05, 0.1) is 11.2 Å². The average molecular weight is 308 g/mol. The molecule has 0 radical (unpaired) electrons. The minimum absolute atomic E-state index is 0.575. The zero-order valence-electron chi connectivity index (χ0n) is 11.4. The number of rotatable bonds is 2. The lowest BCUT2D eigenvalue weighted by Gasteiger charge is -2.06. The highest BCUT2D eigenvalue weighted by Gasteiger charge is 2.10. The van der Waals surface area contributed by atoms with Crippen LogP contribution in [-0.4, -0.2) is 24.7 Å². The smallest absolute Gasteiger partial charge is 0.161 e. The Morgan fingerprint density at radius 1 is 0.864 bits per heavy atom. The normalized spacial score (nSPS) is 11.0. The molecule has 6 heteroatoms. The Balaban J connectivity index is 1.87. The van der Waals surface area contributed by atoms with Gasteiger partial charge < -0.3 is 0 Å². The second-order valence-corrected chi connectivity index (χ2v) is 5.17. The predicted octanol–water partition coefficient (Wildman–Crippen LogP) is 3.53. The predicted molar refractivity (Wildman–Crippen MR) is 84.9 cm³/mol. The van der Waals surface area contributed by atoms with Crippen molar-refractivity contribution in [3.8, 4) is 16.9 Å². The van der Waals surface area contributed by atoms with Gasteiger partial charge in [0.25, 0.3) is 0 Å². The molecule has 0 aliphatic carbocycles. The second kappa shape index (κ2) is 5.20. The van der Waals surface area contributed by atoms with Crippen LogP contribution in [-0.2, 0) is 0 Å². The first-order chi connectivity index (χ1) is 10.8. The molecule has 0 aromatic carbocycles. The molecule has 0 N–H and O–H groups in total. The fraction of sp³-hybridized carbons (Fsp3) is 0. The quantitative estimate of drug-likeness (QED) is 0.568. The summed E-state index contributed by atoms with van der Waals surface area (Å²) in [4.78, 5) is 12.6. The van der Waals surface area contributed by atoms with Crippen molar-refractivity contribution >= 4 is 22.4 Å². The molecule has 0 fully saturated rings. The standard InChI is InChI=1S/C16H10ClN5/c17-15-9-20-16(13-3-5-19-8-14(13)15)22-10-12(7-21-22)11-2-1-4-18-6-11/h1-10H. The van der Waals surface area contributed by atoms with Crippen molar-refractivity contribution < 1.29 is 0 Å². The number of aromatic nitrogens is 5. The molecule has 4 heterocycles. The fourth-order valence-electron chi connectivity index (χ4n) is 2.34. The molecule has 4 rings (SSSR count). The molecule has 0 spiro atoms. The number of nitrogens with zero attached hydrogens (tertiary/aromatic N) is 5. The summed E-state index contributed by atoms with van der Waals surface area (Å²) in [6.07, 6.45) is 12.3. The molecule has 0 bridgehead atoms. The fourth-order valence-corrected chi connectivity index (χ4v) is 2.54. The molecule has 0 aliphatic heterocycles. The monoisotopic (exact) mass is 307 g/mol. The first-order valence-electron chi connectivity index (χ1n) is 6.66. The van der Waals surface area contributed by atoms with Crippen LogP contribution in [0, 0.1) is 0 Å². The van der Waals surface area contributed by atoms with Crippen molar-refractivity contribution in [1.29, 1.82) is 0 Å². The van der Waals surface area contributed by atoms with E-state index in [1.165, 1.54) is 0 Å². The van der Waals surface area contributed by atoms with E-state index in [1.54, 1.807) is 41.9 Å². The molecule has 106 valence electrons. The number of hydrogen-bond donors (Lipinski definition) is 0. The molecule has 5 nitrogen and oxygen atoms in total. The van der Waals surface area contributed by atoms with E-state index >= 15 is 0 Å². The largest absolute Gasteiger partial charge is 0.264 e. The van der Waals surface area contributed by atoms with Gasteiger partial charge >= 0.3 is 0 Å². The van der Waals surface area contributed by atoms with Crippen LogP contribution in [0.1, 0.15) is 0 Å². The molecule has 22 heavy (non-hydrogen) atoms. The lowest BCUT2D eigenvalue weighted by atomic mass is 10.2. The minimum Gasteiger partial charge on any atom is -0.264 e. The third-order valence-corrected chi connectivity index (χ3v) is 3.72. The van der Waals surface area contributed by atoms with Crippen LogP contribution in [0.2, 0.25) is 5.02 Å². The Morgan fingerprint density at radius 2 is 1.77 bits per heavy atom. The van der Waals surface area contributed by atoms with Gasteiger partial charge in [-0.1, -0.05) is 17.7 Å². The van der Waals surface area contributed by atoms with Gasteiger partial charge in [-0.05, 0) is 12.1 Å². The van der Waals surface area contributed by atoms with Crippen molar-refractivity contribution in [3.63, 3.8) is 0 Å². The molecule has 4 aromatic rings. The second-order valence-electron chi connectivity index (χ2n) is 4.77. The maximum Gasteiger partial charge on any atom is 0.161 e. The molecule has 0 unspecified atom stereocenters. The Bertz CT molecular complexity index is 949. The summed E-state index contributed by atoms with van der Waals surface area (Å²) in [6, 6.07) is 5.77. The van der Waals surface area contributed by atoms with Gasteiger partial charge in [0.2, 0.25) is 0 Å². The Kier molecular flexibility index (Phi) is 3.05. The summed E-state index contributed by atoms with van der Waals surface area (Å²) in [7, 11) is 0. The maximum atomic E-state index is 6.18. The number of pyridine rings is 3. The van der Waals surface area contributed by atoms with Crippen LogP contribution in [0.3, 0.4) is 0 Å². The molecule has 0 atom stereocenters. The van der Waals surface area contributed by atoms with E-state index in [2.05, 4.69) is 20.1 Å². The van der Waals surface area contributed by atoms with Gasteiger partial charge in [-0.3, -0.25) is 9.97 Å². The first kappa shape index (κ1) is 12.9. The van der Waals surface area contributed by atoms with E-state index in [-0.39, 0.29) is 0 Å². The summed E-state index contributed by atoms with van der Waals surface area (Å²) in [5.74, 6) is 0.719. The van der Waals surface area contributed by atoms with Crippen LogP contribution in [0.15, 0.2) is 61.6 Å². The van der Waals surface area contributed by atoms with Crippen molar-refractivity contribution in [2.45, 2.75) is 0 Å². The Labute approximate surface area is 131 Å². The number of halogens is 1. The first-order valence-corrected chi connectivity index (χ1v) is 7.04. The van der Waals surface area contributed by atoms with Crippen molar-refractivity contribution in [1.82, 2.24) is 24.7 Å². The van der Waals surface area contributed by atoms with Gasteiger partial charge in [0, 0.05) is 59.1 Å². The Hall–Kier alpha value is -2.79. The number of fused-ring (bicyclic) bond motifs is 1. The molecule has 0 saturated heterocycles. The lowest BCUT2D eigenvalue weighted by Crippen LogP contribution is -1.99. The zero-order valence-corrected chi connectivity index (χ0v) is 12.1. The molecular weight excluding hydrogens is 298 g/mol. The third kappa shape index (κ3) is 2.12. The van der Waals surface area contributed by atoms with E-state index in [1.807, 2.05) is 24.4 Å². The molecule has 4 aromatic heterocycles. The van der Waals surface area contributed by atoms with E-state index in [4.69, 9.17) is 11.6 Å². The molecule has 0 amide bonds. The van der Waals surface area contributed by atoms with E-state index < -0.39 is 0 Å². The summed E-state index contributed by atoms with van der Waals surface area (Å²) < 4.78 is 1.74. The van der Waals surface area contributed by atoms with Crippen LogP contribution >= 0.6 is 11.6 Å². The molecule has 0 aliphatic rings. The van der Waals surface area contributed by atoms with Crippen molar-refractivity contribution in [2.75, 3.05) is 0 Å². The summed E-state index contributed by atoms with van der Waals surface area (Å²) >= 11 is 6.18. The van der Waals surface area contributed by atoms with E-state index in [0.29, 0.717) is 5.02 Å². The van der Waals surface area contributed by atoms with Crippen LogP contribution in [0.4, 0.5) is 0 Å². The summed E-state index contributed by atoms with van der Waals surface area (Å²) in [6.45, 7) is 0. The summed E-state index contributed by atoms with van der Waals surface area (Å²) in [5, 5.41) is 6.74. The Morgan fingerprint density at radius 3 is 2.64 bits per heavy atom. The van der Waals surface area contributed by atoms with Gasteiger partial charge in [-0.25, -0.2) is 9.67 Å². The zero-order chi connectivity index (χ0) is 14.9. The molecule has 0 saturated carbocycles. The van der Waals surface area contributed by atoms with Gasteiger partial charge in [-0.15, -0.1) is 0 Å². The number of hydrogen-bond acceptors (Lipinski definition) is 4. The van der Waals surface area contributed by atoms with Crippen molar-refractivity contribution in [3.05, 3.63) is 66.6 Å². The van der Waals surface area contributed by atoms with Gasteiger partial charge in [0.1, 0.15) is 0 Å². The van der Waals surface area contributed by atoms with E-state index in [0.717, 1.165) is 27.7 Å². The van der Waals surface area contributed by atoms with Crippen LogP contribution in [0.25, 0.3) is 27.7 Å². The maximum absolute atomic E-state index is 6.18. The topological polar surface area (TPSA) is 56.5 Å². The van der Waals surface area contributed by atoms with Crippen molar-refractivity contribution in [2.24, 2.45) is 0 Å². The highest BCUT2D eigenvalue weighted by atomic mass is 35.5. The third-order valence-electron chi connectivity index (χ3n) is 3.41. The average Bonchev–Trinajstić information content (AvgIpc) is 3.06. The van der Waals surface area contributed by atoms with Gasteiger partial charge in [0.15, 0.2) is 5.82 Å². The van der Waals surface area contributed by atoms with Crippen LogP contribution < -0.4 is 0 Å². The minimum atomic E-state index is 0.575. The highest BCUT2D eigenvalue weighted by Crippen LogP contribution is 2.26. The van der Waals surface area contributed by atoms with Gasteiger partial charge in [-0.2, -0.15) is 5.10 Å². The SMILES string of the molecule is Clc1cnc(-n2cc(-c3cccnc3)cn2)c2ccncc12. The summed E-state index contributed by atoms with van der Waals surface area (Å²) in [5.41, 5.74) is 1.99. The highest BCUT2D eigenvalue weighted by molar-refractivity contribution is 6.35. The van der Waals surface area contributed by atoms with Crippen LogP contribution in [0.5, 0.6) is 0 Å². The molecular formula is C16H10ClN5.